The lowest BCUT2D eigenvalue weighted by atomic mass is 10.1. The van der Waals surface area contributed by atoms with Gasteiger partial charge in [-0.2, -0.15) is 5.10 Å². The highest BCUT2D eigenvalue weighted by Gasteiger charge is 2.14. The number of carbonyl (C=O) groups is 1. The van der Waals surface area contributed by atoms with Gasteiger partial charge in [0.15, 0.2) is 0 Å². The number of aromatic nitrogens is 3. The summed E-state index contributed by atoms with van der Waals surface area (Å²) >= 11 is 1.58. The molecule has 2 aromatic heterocycles. The van der Waals surface area contributed by atoms with E-state index in [2.05, 4.69) is 15.4 Å². The van der Waals surface area contributed by atoms with Crippen LogP contribution in [-0.4, -0.2) is 20.7 Å². The first-order valence-corrected chi connectivity index (χ1v) is 8.18. The molecule has 23 heavy (non-hydrogen) atoms. The van der Waals surface area contributed by atoms with Crippen molar-refractivity contribution in [2.45, 2.75) is 20.8 Å². The number of hydrogen-bond donors (Lipinski definition) is 1. The molecule has 2 heterocycles. The van der Waals surface area contributed by atoms with Gasteiger partial charge in [-0.3, -0.25) is 9.48 Å². The van der Waals surface area contributed by atoms with Crippen LogP contribution in [0.5, 0.6) is 0 Å². The molecule has 118 valence electrons. The fourth-order valence-corrected chi connectivity index (χ4v) is 3.19. The lowest BCUT2D eigenvalue weighted by Crippen LogP contribution is -2.15. The molecule has 0 fully saturated rings. The zero-order valence-electron chi connectivity index (χ0n) is 13.5. The Morgan fingerprint density at radius 2 is 2.04 bits per heavy atom. The summed E-state index contributed by atoms with van der Waals surface area (Å²) in [5.41, 5.74) is 4.44. The Hall–Kier alpha value is -2.47. The quantitative estimate of drug-likeness (QED) is 0.798. The van der Waals surface area contributed by atoms with Crippen molar-refractivity contribution in [3.8, 4) is 10.6 Å². The molecule has 0 atom stereocenters. The maximum absolute atomic E-state index is 12.5. The smallest absolute Gasteiger partial charge is 0.256 e. The van der Waals surface area contributed by atoms with Crippen LogP contribution in [0.3, 0.4) is 0 Å². The van der Waals surface area contributed by atoms with Crippen molar-refractivity contribution >= 4 is 23.1 Å². The number of nitrogens with one attached hydrogen (secondary N) is 1. The van der Waals surface area contributed by atoms with Gasteiger partial charge in [0.1, 0.15) is 10.8 Å². The zero-order valence-corrected chi connectivity index (χ0v) is 14.4. The summed E-state index contributed by atoms with van der Waals surface area (Å²) < 4.78 is 1.69. The molecule has 5 nitrogen and oxygen atoms in total. The minimum absolute atomic E-state index is 0.147. The van der Waals surface area contributed by atoms with Crippen LogP contribution in [0.1, 0.15) is 27.3 Å². The molecule has 0 saturated carbocycles. The third-order valence-corrected chi connectivity index (χ3v) is 4.75. The molecule has 6 heteroatoms. The van der Waals surface area contributed by atoms with Gasteiger partial charge in [0.2, 0.25) is 0 Å². The molecule has 0 aliphatic heterocycles. The first-order valence-electron chi connectivity index (χ1n) is 7.30. The molecule has 3 aromatic rings. The molecule has 0 saturated heterocycles. The van der Waals surface area contributed by atoms with Crippen LogP contribution in [-0.2, 0) is 7.05 Å². The Morgan fingerprint density at radius 1 is 1.26 bits per heavy atom. The molecule has 1 aromatic carbocycles. The Balaban J connectivity index is 1.88. The summed E-state index contributed by atoms with van der Waals surface area (Å²) in [7, 11) is 1.82. The number of thiazole rings is 1. The van der Waals surface area contributed by atoms with Crippen molar-refractivity contribution in [3.63, 3.8) is 0 Å². The highest BCUT2D eigenvalue weighted by atomic mass is 32.1. The van der Waals surface area contributed by atoms with Gasteiger partial charge in [0.25, 0.3) is 5.91 Å². The van der Waals surface area contributed by atoms with Gasteiger partial charge < -0.3 is 5.32 Å². The van der Waals surface area contributed by atoms with Crippen LogP contribution in [0.25, 0.3) is 10.6 Å². The fourth-order valence-electron chi connectivity index (χ4n) is 2.40. The van der Waals surface area contributed by atoms with Crippen LogP contribution in [0.15, 0.2) is 29.6 Å². The lowest BCUT2D eigenvalue weighted by molar-refractivity contribution is 0.102. The largest absolute Gasteiger partial charge is 0.307 e. The number of anilines is 1. The Bertz CT molecular complexity index is 879. The molecular weight excluding hydrogens is 308 g/mol. The standard InChI is InChI=1S/C17H18N4OS/c1-10-9-23-17(18-10)14-7-5-6-13(8-14)16(22)19-15-11(2)12(3)20-21(15)4/h5-9H,1-4H3,(H,19,22). The van der Waals surface area contributed by atoms with E-state index in [1.165, 1.54) is 0 Å². The van der Waals surface area contributed by atoms with Gasteiger partial charge in [-0.1, -0.05) is 12.1 Å². The summed E-state index contributed by atoms with van der Waals surface area (Å²) in [4.78, 5) is 17.0. The fraction of sp³-hybridized carbons (Fsp3) is 0.235. The topological polar surface area (TPSA) is 59.8 Å². The van der Waals surface area contributed by atoms with Crippen LogP contribution < -0.4 is 5.32 Å². The summed E-state index contributed by atoms with van der Waals surface area (Å²) in [6, 6.07) is 7.51. The van der Waals surface area contributed by atoms with Crippen molar-refractivity contribution in [2.75, 3.05) is 5.32 Å². The van der Waals surface area contributed by atoms with E-state index in [9.17, 15) is 4.79 Å². The van der Waals surface area contributed by atoms with Gasteiger partial charge in [0.05, 0.1) is 5.69 Å². The second kappa shape index (κ2) is 5.96. The third kappa shape index (κ3) is 3.03. The van der Waals surface area contributed by atoms with Crippen LogP contribution in [0.2, 0.25) is 0 Å². The average Bonchev–Trinajstić information content (AvgIpc) is 3.06. The van der Waals surface area contributed by atoms with Crippen LogP contribution in [0.4, 0.5) is 5.82 Å². The Kier molecular flexibility index (Phi) is 4.00. The SMILES string of the molecule is Cc1csc(-c2cccc(C(=O)Nc3c(C)c(C)nn3C)c2)n1. The van der Waals surface area contributed by atoms with Gasteiger partial charge in [-0.05, 0) is 32.9 Å². The Morgan fingerprint density at radius 3 is 2.65 bits per heavy atom. The normalized spacial score (nSPS) is 10.8. The summed E-state index contributed by atoms with van der Waals surface area (Å²) in [6.45, 7) is 5.84. The average molecular weight is 326 g/mol. The number of carbonyl (C=O) groups excluding carboxylic acids is 1. The van der Waals surface area contributed by atoms with Crippen molar-refractivity contribution in [2.24, 2.45) is 7.05 Å². The number of benzene rings is 1. The van der Waals surface area contributed by atoms with E-state index in [1.54, 1.807) is 22.1 Å². The van der Waals surface area contributed by atoms with Crippen LogP contribution >= 0.6 is 11.3 Å². The monoisotopic (exact) mass is 326 g/mol. The predicted molar refractivity (Wildman–Crippen MR) is 92.9 cm³/mol. The van der Waals surface area contributed by atoms with E-state index >= 15 is 0 Å². The highest BCUT2D eigenvalue weighted by molar-refractivity contribution is 7.13. The number of nitrogens with zero attached hydrogens (tertiary/aromatic N) is 3. The molecule has 0 radical (unpaired) electrons. The number of aryl methyl sites for hydroxylation is 3. The predicted octanol–water partition coefficient (Wildman–Crippen LogP) is 3.72. The van der Waals surface area contributed by atoms with Crippen molar-refractivity contribution in [3.05, 3.63) is 52.2 Å². The van der Waals surface area contributed by atoms with Gasteiger partial charge in [-0.15, -0.1) is 11.3 Å². The van der Waals surface area contributed by atoms with Crippen molar-refractivity contribution in [1.29, 1.82) is 0 Å². The molecule has 1 N–H and O–H groups in total. The summed E-state index contributed by atoms with van der Waals surface area (Å²) in [5, 5.41) is 10.2. The van der Waals surface area contributed by atoms with Crippen molar-refractivity contribution < 1.29 is 4.79 Å². The molecule has 0 aliphatic carbocycles. The number of amides is 1. The Labute approximate surface area is 139 Å². The number of hydrogen-bond acceptors (Lipinski definition) is 4. The molecule has 3 rings (SSSR count). The first-order chi connectivity index (χ1) is 11.0. The molecule has 0 bridgehead atoms. The second-order valence-corrected chi connectivity index (χ2v) is 6.37. The number of rotatable bonds is 3. The molecule has 0 aliphatic rings. The molecular formula is C17H18N4OS. The van der Waals surface area contributed by atoms with Gasteiger partial charge in [0, 0.05) is 34.8 Å². The molecule has 0 spiro atoms. The zero-order chi connectivity index (χ0) is 16.6. The van der Waals surface area contributed by atoms with E-state index in [1.807, 2.05) is 51.4 Å². The van der Waals surface area contributed by atoms with Crippen LogP contribution in [0, 0.1) is 20.8 Å². The summed E-state index contributed by atoms with van der Waals surface area (Å²) in [5.74, 6) is 0.578. The molecule has 0 unspecified atom stereocenters. The van der Waals surface area contributed by atoms with E-state index in [0.29, 0.717) is 5.56 Å². The minimum Gasteiger partial charge on any atom is -0.307 e. The van der Waals surface area contributed by atoms with Gasteiger partial charge in [-0.25, -0.2) is 4.98 Å². The third-order valence-electron chi connectivity index (χ3n) is 3.74. The maximum Gasteiger partial charge on any atom is 0.256 e. The lowest BCUT2D eigenvalue weighted by Gasteiger charge is -2.07. The second-order valence-electron chi connectivity index (χ2n) is 5.51. The summed E-state index contributed by atoms with van der Waals surface area (Å²) in [6.07, 6.45) is 0. The van der Waals surface area contributed by atoms with Crippen molar-refractivity contribution in [1.82, 2.24) is 14.8 Å². The van der Waals surface area contributed by atoms with E-state index in [0.717, 1.165) is 33.3 Å². The molecule has 1 amide bonds. The minimum atomic E-state index is -0.147. The van der Waals surface area contributed by atoms with E-state index in [-0.39, 0.29) is 5.91 Å². The maximum atomic E-state index is 12.5. The highest BCUT2D eigenvalue weighted by Crippen LogP contribution is 2.25. The first kappa shape index (κ1) is 15.4. The van der Waals surface area contributed by atoms with Gasteiger partial charge >= 0.3 is 0 Å². The van der Waals surface area contributed by atoms with E-state index < -0.39 is 0 Å². The van der Waals surface area contributed by atoms with E-state index in [4.69, 9.17) is 0 Å².